The van der Waals surface area contributed by atoms with E-state index < -0.39 is 0 Å². The van der Waals surface area contributed by atoms with E-state index in [0.717, 1.165) is 11.0 Å². The standard InChI is InChI=1S/C9H14BNO2/c1-12-10(13-2)9-5-3-8(7-11)4-6-9/h3-6H,7,11H2,1-2H3. The lowest BCUT2D eigenvalue weighted by Crippen LogP contribution is -2.34. The zero-order valence-electron chi connectivity index (χ0n) is 7.99. The molecule has 0 unspecified atom stereocenters. The molecule has 0 radical (unpaired) electrons. The lowest BCUT2D eigenvalue weighted by Gasteiger charge is -2.08. The van der Waals surface area contributed by atoms with Gasteiger partial charge in [0.2, 0.25) is 0 Å². The van der Waals surface area contributed by atoms with E-state index in [-0.39, 0.29) is 7.12 Å². The van der Waals surface area contributed by atoms with Gasteiger partial charge in [-0.1, -0.05) is 24.3 Å². The smallest absolute Gasteiger partial charge is 0.410 e. The second-order valence-corrected chi connectivity index (χ2v) is 2.75. The summed E-state index contributed by atoms with van der Waals surface area (Å²) in [6.45, 7) is 0.560. The predicted octanol–water partition coefficient (Wildman–Crippen LogP) is 0.133. The van der Waals surface area contributed by atoms with E-state index in [9.17, 15) is 0 Å². The van der Waals surface area contributed by atoms with Crippen molar-refractivity contribution in [2.24, 2.45) is 5.73 Å². The van der Waals surface area contributed by atoms with Crippen molar-refractivity contribution in [1.82, 2.24) is 0 Å². The highest BCUT2D eigenvalue weighted by Gasteiger charge is 2.16. The van der Waals surface area contributed by atoms with Gasteiger partial charge in [-0.25, -0.2) is 0 Å². The number of hydrogen-bond donors (Lipinski definition) is 1. The summed E-state index contributed by atoms with van der Waals surface area (Å²) in [5.41, 5.74) is 7.59. The third-order valence-electron chi connectivity index (χ3n) is 1.92. The molecular formula is C9H14BNO2. The molecule has 0 atom stereocenters. The van der Waals surface area contributed by atoms with Gasteiger partial charge < -0.3 is 15.0 Å². The fraction of sp³-hybridized carbons (Fsp3) is 0.333. The summed E-state index contributed by atoms with van der Waals surface area (Å²) in [5, 5.41) is 0. The minimum atomic E-state index is -0.285. The third kappa shape index (κ3) is 2.55. The van der Waals surface area contributed by atoms with Crippen LogP contribution < -0.4 is 11.2 Å². The maximum absolute atomic E-state index is 5.48. The lowest BCUT2D eigenvalue weighted by molar-refractivity contribution is 0.292. The minimum Gasteiger partial charge on any atom is -0.410 e. The van der Waals surface area contributed by atoms with Crippen LogP contribution in [-0.2, 0) is 15.9 Å². The highest BCUT2D eigenvalue weighted by atomic mass is 16.6. The molecule has 0 saturated carbocycles. The second kappa shape index (κ2) is 5.02. The molecule has 0 aliphatic carbocycles. The minimum absolute atomic E-state index is 0.285. The maximum Gasteiger partial charge on any atom is 0.493 e. The largest absolute Gasteiger partial charge is 0.493 e. The van der Waals surface area contributed by atoms with E-state index >= 15 is 0 Å². The summed E-state index contributed by atoms with van der Waals surface area (Å²) in [7, 11) is 2.95. The zero-order chi connectivity index (χ0) is 9.68. The van der Waals surface area contributed by atoms with Gasteiger partial charge in [-0.05, 0) is 11.0 Å². The van der Waals surface area contributed by atoms with Crippen molar-refractivity contribution in [3.63, 3.8) is 0 Å². The maximum atomic E-state index is 5.48. The van der Waals surface area contributed by atoms with Crippen LogP contribution in [0.3, 0.4) is 0 Å². The summed E-state index contributed by atoms with van der Waals surface area (Å²) < 4.78 is 10.2. The van der Waals surface area contributed by atoms with E-state index in [1.165, 1.54) is 0 Å². The molecule has 0 saturated heterocycles. The van der Waals surface area contributed by atoms with Crippen LogP contribution in [0.2, 0.25) is 0 Å². The van der Waals surface area contributed by atoms with Crippen LogP contribution in [0.4, 0.5) is 0 Å². The molecule has 0 heterocycles. The molecular weight excluding hydrogens is 165 g/mol. The van der Waals surface area contributed by atoms with Gasteiger partial charge in [0.15, 0.2) is 0 Å². The first-order chi connectivity index (χ1) is 6.31. The topological polar surface area (TPSA) is 44.5 Å². The van der Waals surface area contributed by atoms with E-state index in [4.69, 9.17) is 15.0 Å². The van der Waals surface area contributed by atoms with E-state index in [1.807, 2.05) is 24.3 Å². The Morgan fingerprint density at radius 2 is 1.69 bits per heavy atom. The molecule has 70 valence electrons. The Morgan fingerprint density at radius 1 is 1.15 bits per heavy atom. The summed E-state index contributed by atoms with van der Waals surface area (Å²) in [6.07, 6.45) is 0. The first kappa shape index (κ1) is 10.2. The Kier molecular flexibility index (Phi) is 3.95. The van der Waals surface area contributed by atoms with Gasteiger partial charge in [0, 0.05) is 20.8 Å². The summed E-state index contributed by atoms with van der Waals surface area (Å²) in [6, 6.07) is 7.86. The summed E-state index contributed by atoms with van der Waals surface area (Å²) >= 11 is 0. The molecule has 0 bridgehead atoms. The highest BCUT2D eigenvalue weighted by Crippen LogP contribution is 1.96. The van der Waals surface area contributed by atoms with Crippen LogP contribution in [0, 0.1) is 0 Å². The molecule has 0 aliphatic heterocycles. The highest BCUT2D eigenvalue weighted by molar-refractivity contribution is 6.61. The van der Waals surface area contributed by atoms with Gasteiger partial charge in [0.25, 0.3) is 0 Å². The third-order valence-corrected chi connectivity index (χ3v) is 1.92. The van der Waals surface area contributed by atoms with Crippen molar-refractivity contribution in [2.45, 2.75) is 6.54 Å². The quantitative estimate of drug-likeness (QED) is 0.668. The number of hydrogen-bond acceptors (Lipinski definition) is 3. The van der Waals surface area contributed by atoms with E-state index in [2.05, 4.69) is 0 Å². The Labute approximate surface area is 79.0 Å². The van der Waals surface area contributed by atoms with E-state index in [1.54, 1.807) is 14.2 Å². The molecule has 4 heteroatoms. The molecule has 3 nitrogen and oxygen atoms in total. The van der Waals surface area contributed by atoms with Crippen LogP contribution in [0.5, 0.6) is 0 Å². The van der Waals surface area contributed by atoms with Crippen molar-refractivity contribution in [3.05, 3.63) is 29.8 Å². The second-order valence-electron chi connectivity index (χ2n) is 2.75. The summed E-state index contributed by atoms with van der Waals surface area (Å²) in [4.78, 5) is 0. The number of benzene rings is 1. The molecule has 1 aromatic rings. The van der Waals surface area contributed by atoms with Gasteiger partial charge in [0.1, 0.15) is 0 Å². The molecule has 2 N–H and O–H groups in total. The Hall–Kier alpha value is -0.835. The molecule has 0 fully saturated rings. The van der Waals surface area contributed by atoms with Crippen LogP contribution >= 0.6 is 0 Å². The molecule has 1 aromatic carbocycles. The van der Waals surface area contributed by atoms with Gasteiger partial charge in [0.05, 0.1) is 0 Å². The Balaban J connectivity index is 2.78. The van der Waals surface area contributed by atoms with Crippen molar-refractivity contribution in [2.75, 3.05) is 14.2 Å². The SMILES string of the molecule is COB(OC)c1ccc(CN)cc1. The predicted molar refractivity (Wildman–Crippen MR) is 53.7 cm³/mol. The fourth-order valence-electron chi connectivity index (χ4n) is 1.18. The Morgan fingerprint density at radius 3 is 2.08 bits per heavy atom. The molecule has 13 heavy (non-hydrogen) atoms. The lowest BCUT2D eigenvalue weighted by atomic mass is 9.79. The normalized spacial score (nSPS) is 10.1. The van der Waals surface area contributed by atoms with Crippen molar-refractivity contribution in [3.8, 4) is 0 Å². The van der Waals surface area contributed by atoms with Gasteiger partial charge in [-0.2, -0.15) is 0 Å². The van der Waals surface area contributed by atoms with Gasteiger partial charge in [-0.15, -0.1) is 0 Å². The Bertz CT molecular complexity index is 246. The number of nitrogens with two attached hydrogens (primary N) is 1. The number of rotatable bonds is 4. The molecule has 0 aromatic heterocycles. The van der Waals surface area contributed by atoms with Crippen LogP contribution in [-0.4, -0.2) is 21.3 Å². The zero-order valence-corrected chi connectivity index (χ0v) is 7.99. The average Bonchev–Trinajstić information content (AvgIpc) is 2.21. The first-order valence-corrected chi connectivity index (χ1v) is 4.16. The molecule has 1 rings (SSSR count). The molecule has 0 amide bonds. The van der Waals surface area contributed by atoms with E-state index in [0.29, 0.717) is 6.54 Å². The monoisotopic (exact) mass is 179 g/mol. The van der Waals surface area contributed by atoms with Gasteiger partial charge in [-0.3, -0.25) is 0 Å². The van der Waals surface area contributed by atoms with Crippen LogP contribution in [0.1, 0.15) is 5.56 Å². The first-order valence-electron chi connectivity index (χ1n) is 4.16. The fourth-order valence-corrected chi connectivity index (χ4v) is 1.18. The van der Waals surface area contributed by atoms with Gasteiger partial charge >= 0.3 is 7.12 Å². The van der Waals surface area contributed by atoms with Crippen LogP contribution in [0.25, 0.3) is 0 Å². The molecule has 0 spiro atoms. The van der Waals surface area contributed by atoms with Crippen molar-refractivity contribution >= 4 is 12.6 Å². The van der Waals surface area contributed by atoms with Crippen LogP contribution in [0.15, 0.2) is 24.3 Å². The van der Waals surface area contributed by atoms with Crippen molar-refractivity contribution < 1.29 is 9.31 Å². The summed E-state index contributed by atoms with van der Waals surface area (Å²) in [5.74, 6) is 0. The molecule has 0 aliphatic rings. The van der Waals surface area contributed by atoms with Crippen molar-refractivity contribution in [1.29, 1.82) is 0 Å². The average molecular weight is 179 g/mol.